The van der Waals surface area contributed by atoms with E-state index in [1.165, 1.54) is 6.07 Å². The van der Waals surface area contributed by atoms with Crippen molar-refractivity contribution in [2.24, 2.45) is 0 Å². The largest absolute Gasteiger partial charge is 0.398 e. The fraction of sp³-hybridized carbons (Fsp3) is 0. The van der Waals surface area contributed by atoms with Gasteiger partial charge in [0.05, 0.1) is 11.3 Å². The number of halogens is 3. The van der Waals surface area contributed by atoms with E-state index in [9.17, 15) is 13.6 Å². The van der Waals surface area contributed by atoms with E-state index in [1.54, 1.807) is 12.1 Å². The lowest BCUT2D eigenvalue weighted by atomic mass is 10.1. The van der Waals surface area contributed by atoms with Gasteiger partial charge in [-0.1, -0.05) is 15.9 Å². The van der Waals surface area contributed by atoms with Crippen molar-refractivity contribution in [3.8, 4) is 0 Å². The number of carbonyl (C=O) groups excluding carboxylic acids is 1. The molecule has 0 saturated carbocycles. The van der Waals surface area contributed by atoms with Crippen LogP contribution in [0.15, 0.2) is 40.9 Å². The van der Waals surface area contributed by atoms with E-state index in [0.717, 1.165) is 18.2 Å². The quantitative estimate of drug-likeness (QED) is 0.829. The topological polar surface area (TPSA) is 55.1 Å². The van der Waals surface area contributed by atoms with Crippen LogP contribution in [0.3, 0.4) is 0 Å². The average molecular weight is 327 g/mol. The highest BCUT2D eigenvalue weighted by Crippen LogP contribution is 2.21. The van der Waals surface area contributed by atoms with Gasteiger partial charge in [0, 0.05) is 16.2 Å². The molecule has 1 amide bonds. The molecule has 2 rings (SSSR count). The lowest BCUT2D eigenvalue weighted by Gasteiger charge is -2.09. The summed E-state index contributed by atoms with van der Waals surface area (Å²) in [5.41, 5.74) is 5.86. The molecule has 0 unspecified atom stereocenters. The van der Waals surface area contributed by atoms with Gasteiger partial charge >= 0.3 is 0 Å². The van der Waals surface area contributed by atoms with Crippen molar-refractivity contribution in [2.75, 3.05) is 11.1 Å². The Balaban J connectivity index is 2.30. The number of anilines is 2. The molecule has 0 aliphatic rings. The van der Waals surface area contributed by atoms with Gasteiger partial charge in [0.15, 0.2) is 0 Å². The van der Waals surface area contributed by atoms with Crippen molar-refractivity contribution in [1.29, 1.82) is 0 Å². The number of benzene rings is 2. The molecule has 2 aromatic carbocycles. The lowest BCUT2D eigenvalue weighted by molar-refractivity contribution is 0.102. The summed E-state index contributed by atoms with van der Waals surface area (Å²) in [7, 11) is 0. The summed E-state index contributed by atoms with van der Waals surface area (Å²) in [6, 6.07) is 7.53. The predicted molar refractivity (Wildman–Crippen MR) is 72.9 cm³/mol. The maximum Gasteiger partial charge on any atom is 0.257 e. The van der Waals surface area contributed by atoms with Gasteiger partial charge in [0.1, 0.15) is 11.6 Å². The van der Waals surface area contributed by atoms with Gasteiger partial charge in [-0.15, -0.1) is 0 Å². The van der Waals surface area contributed by atoms with Crippen LogP contribution in [0.1, 0.15) is 10.4 Å². The third-order valence-corrected chi connectivity index (χ3v) is 2.93. The minimum absolute atomic E-state index is 0.179. The van der Waals surface area contributed by atoms with Gasteiger partial charge in [0.2, 0.25) is 0 Å². The number of nitrogens with one attached hydrogen (secondary N) is 1. The second kappa shape index (κ2) is 5.36. The third-order valence-electron chi connectivity index (χ3n) is 2.44. The molecule has 2 aromatic rings. The highest BCUT2D eigenvalue weighted by Gasteiger charge is 2.13. The van der Waals surface area contributed by atoms with Gasteiger partial charge in [-0.05, 0) is 30.3 Å². The molecule has 3 N–H and O–H groups in total. The minimum atomic E-state index is -0.719. The fourth-order valence-corrected chi connectivity index (χ4v) is 1.87. The summed E-state index contributed by atoms with van der Waals surface area (Å²) >= 11 is 3.21. The number of amides is 1. The van der Waals surface area contributed by atoms with E-state index >= 15 is 0 Å². The van der Waals surface area contributed by atoms with Crippen molar-refractivity contribution in [1.82, 2.24) is 0 Å². The van der Waals surface area contributed by atoms with Crippen LogP contribution in [-0.4, -0.2) is 5.91 Å². The van der Waals surface area contributed by atoms with Crippen LogP contribution in [0.5, 0.6) is 0 Å². The summed E-state index contributed by atoms with van der Waals surface area (Å²) in [5, 5.41) is 2.28. The molecule has 0 heterocycles. The Morgan fingerprint density at radius 1 is 1.16 bits per heavy atom. The number of rotatable bonds is 2. The summed E-state index contributed by atoms with van der Waals surface area (Å²) in [5.74, 6) is -1.97. The molecule has 0 aliphatic heterocycles. The van der Waals surface area contributed by atoms with Crippen molar-refractivity contribution < 1.29 is 13.6 Å². The maximum atomic E-state index is 13.4. The zero-order chi connectivity index (χ0) is 14.0. The molecular weight excluding hydrogens is 318 g/mol. The first-order chi connectivity index (χ1) is 8.97. The zero-order valence-electron chi connectivity index (χ0n) is 9.58. The predicted octanol–water partition coefficient (Wildman–Crippen LogP) is 3.56. The second-order valence-corrected chi connectivity index (χ2v) is 4.73. The Bertz CT molecular complexity index is 647. The molecule has 0 fully saturated rings. The molecule has 19 heavy (non-hydrogen) atoms. The second-order valence-electron chi connectivity index (χ2n) is 3.81. The van der Waals surface area contributed by atoms with Crippen LogP contribution in [0, 0.1) is 11.6 Å². The molecule has 0 spiro atoms. The lowest BCUT2D eigenvalue weighted by Crippen LogP contribution is -2.15. The van der Waals surface area contributed by atoms with Crippen molar-refractivity contribution in [2.45, 2.75) is 0 Å². The number of hydrogen-bond acceptors (Lipinski definition) is 2. The smallest absolute Gasteiger partial charge is 0.257 e. The maximum absolute atomic E-state index is 13.4. The Hall–Kier alpha value is -1.95. The minimum Gasteiger partial charge on any atom is -0.398 e. The first-order valence-corrected chi connectivity index (χ1v) is 6.08. The molecule has 0 aromatic heterocycles. The Morgan fingerprint density at radius 3 is 2.63 bits per heavy atom. The van der Waals surface area contributed by atoms with Gasteiger partial charge in [0.25, 0.3) is 5.91 Å². The first kappa shape index (κ1) is 13.5. The number of hydrogen-bond donors (Lipinski definition) is 2. The highest BCUT2D eigenvalue weighted by atomic mass is 79.9. The Morgan fingerprint density at radius 2 is 1.89 bits per heavy atom. The standard InChI is InChI=1S/C13H9BrF2N2O/c14-7-1-4-11(17)9(5-7)13(19)18-12-6-8(15)2-3-10(12)16/h1-6H,17H2,(H,18,19). The summed E-state index contributed by atoms with van der Waals surface area (Å²) in [6.45, 7) is 0. The third kappa shape index (κ3) is 3.08. The molecule has 3 nitrogen and oxygen atoms in total. The molecular formula is C13H9BrF2N2O. The van der Waals surface area contributed by atoms with Crippen LogP contribution >= 0.6 is 15.9 Å². The zero-order valence-corrected chi connectivity index (χ0v) is 11.2. The molecule has 6 heteroatoms. The van der Waals surface area contributed by atoms with Crippen LogP contribution in [-0.2, 0) is 0 Å². The molecule has 98 valence electrons. The van der Waals surface area contributed by atoms with Crippen molar-refractivity contribution in [3.05, 3.63) is 58.1 Å². The Labute approximate surface area is 116 Å². The van der Waals surface area contributed by atoms with Gasteiger partial charge in [-0.3, -0.25) is 4.79 Å². The first-order valence-electron chi connectivity index (χ1n) is 5.29. The van der Waals surface area contributed by atoms with E-state index in [2.05, 4.69) is 21.2 Å². The van der Waals surface area contributed by atoms with E-state index in [1.807, 2.05) is 0 Å². The molecule has 0 bridgehead atoms. The van der Waals surface area contributed by atoms with Crippen molar-refractivity contribution in [3.63, 3.8) is 0 Å². The SMILES string of the molecule is Nc1ccc(Br)cc1C(=O)Nc1cc(F)ccc1F. The van der Waals surface area contributed by atoms with Crippen LogP contribution in [0.4, 0.5) is 20.2 Å². The normalized spacial score (nSPS) is 10.3. The number of nitrogen functional groups attached to an aromatic ring is 1. The van der Waals surface area contributed by atoms with Gasteiger partial charge < -0.3 is 11.1 Å². The molecule has 0 saturated heterocycles. The van der Waals surface area contributed by atoms with Crippen LogP contribution in [0.25, 0.3) is 0 Å². The van der Waals surface area contributed by atoms with E-state index in [-0.39, 0.29) is 16.9 Å². The fourth-order valence-electron chi connectivity index (χ4n) is 1.51. The summed E-state index contributed by atoms with van der Waals surface area (Å²) < 4.78 is 27.1. The van der Waals surface area contributed by atoms with E-state index in [0.29, 0.717) is 4.47 Å². The van der Waals surface area contributed by atoms with Crippen LogP contribution < -0.4 is 11.1 Å². The number of nitrogens with two attached hydrogens (primary N) is 1. The highest BCUT2D eigenvalue weighted by molar-refractivity contribution is 9.10. The average Bonchev–Trinajstić information content (AvgIpc) is 2.36. The number of carbonyl (C=O) groups is 1. The van der Waals surface area contributed by atoms with Crippen LogP contribution in [0.2, 0.25) is 0 Å². The Kier molecular flexibility index (Phi) is 3.80. The van der Waals surface area contributed by atoms with Crippen molar-refractivity contribution >= 4 is 33.2 Å². The van der Waals surface area contributed by atoms with E-state index < -0.39 is 17.5 Å². The molecule has 0 atom stereocenters. The summed E-state index contributed by atoms with van der Waals surface area (Å²) in [4.78, 5) is 11.9. The summed E-state index contributed by atoms with van der Waals surface area (Å²) in [6.07, 6.45) is 0. The van der Waals surface area contributed by atoms with Gasteiger partial charge in [-0.2, -0.15) is 0 Å². The van der Waals surface area contributed by atoms with Gasteiger partial charge in [-0.25, -0.2) is 8.78 Å². The molecule has 0 radical (unpaired) electrons. The van der Waals surface area contributed by atoms with E-state index in [4.69, 9.17) is 5.73 Å². The molecule has 0 aliphatic carbocycles. The monoisotopic (exact) mass is 326 g/mol.